The van der Waals surface area contributed by atoms with Crippen molar-refractivity contribution >= 4 is 0 Å². The zero-order valence-electron chi connectivity index (χ0n) is 9.30. The monoisotopic (exact) mass is 219 g/mol. The molecule has 0 aromatic heterocycles. The molecule has 0 spiro atoms. The molecule has 5 nitrogen and oxygen atoms in total. The summed E-state index contributed by atoms with van der Waals surface area (Å²) in [6.07, 6.45) is -1.44. The third-order valence-corrected chi connectivity index (χ3v) is 2.64. The van der Waals surface area contributed by atoms with E-state index in [2.05, 4.69) is 0 Å². The highest BCUT2D eigenvalue weighted by molar-refractivity contribution is 4.90. The summed E-state index contributed by atoms with van der Waals surface area (Å²) in [5, 5.41) is 19.3. The lowest BCUT2D eigenvalue weighted by atomic mass is 9.96. The SMILES string of the molecule is CCCO[C@@H]1OC(CC)[C@@H](O)[C@H](O)C1N. The molecular weight excluding hydrogens is 198 g/mol. The van der Waals surface area contributed by atoms with Crippen molar-refractivity contribution in [1.29, 1.82) is 0 Å². The fraction of sp³-hybridized carbons (Fsp3) is 1.00. The summed E-state index contributed by atoms with van der Waals surface area (Å²) in [5.74, 6) is 0. The number of aliphatic hydroxyl groups is 2. The van der Waals surface area contributed by atoms with Crippen molar-refractivity contribution in [3.8, 4) is 0 Å². The van der Waals surface area contributed by atoms with Gasteiger partial charge in [0.25, 0.3) is 0 Å². The molecule has 0 radical (unpaired) electrons. The maximum absolute atomic E-state index is 9.68. The number of rotatable bonds is 4. The number of aliphatic hydroxyl groups excluding tert-OH is 2. The fourth-order valence-electron chi connectivity index (χ4n) is 1.67. The van der Waals surface area contributed by atoms with Crippen molar-refractivity contribution in [3.63, 3.8) is 0 Å². The van der Waals surface area contributed by atoms with Crippen molar-refractivity contribution in [2.45, 2.75) is 57.3 Å². The Morgan fingerprint density at radius 3 is 2.47 bits per heavy atom. The molecule has 0 amide bonds. The van der Waals surface area contributed by atoms with Gasteiger partial charge in [-0.3, -0.25) is 0 Å². The smallest absolute Gasteiger partial charge is 0.175 e. The van der Waals surface area contributed by atoms with Gasteiger partial charge < -0.3 is 25.4 Å². The van der Waals surface area contributed by atoms with Crippen LogP contribution < -0.4 is 5.73 Å². The summed E-state index contributed by atoms with van der Waals surface area (Å²) in [5.41, 5.74) is 5.71. The van der Waals surface area contributed by atoms with E-state index in [1.54, 1.807) is 0 Å². The molecule has 4 N–H and O–H groups in total. The molecule has 90 valence electrons. The van der Waals surface area contributed by atoms with Gasteiger partial charge in [-0.15, -0.1) is 0 Å². The summed E-state index contributed by atoms with van der Waals surface area (Å²) in [6, 6.07) is -0.686. The first kappa shape index (κ1) is 12.9. The molecule has 1 fully saturated rings. The van der Waals surface area contributed by atoms with Crippen molar-refractivity contribution in [2.75, 3.05) is 6.61 Å². The number of hydrogen-bond acceptors (Lipinski definition) is 5. The van der Waals surface area contributed by atoms with E-state index < -0.39 is 30.6 Å². The topological polar surface area (TPSA) is 84.9 Å². The van der Waals surface area contributed by atoms with Crippen LogP contribution in [-0.2, 0) is 9.47 Å². The van der Waals surface area contributed by atoms with E-state index in [1.807, 2.05) is 13.8 Å². The van der Waals surface area contributed by atoms with E-state index in [9.17, 15) is 10.2 Å². The van der Waals surface area contributed by atoms with Gasteiger partial charge in [0, 0.05) is 6.61 Å². The maximum atomic E-state index is 9.68. The highest BCUT2D eigenvalue weighted by Crippen LogP contribution is 2.22. The van der Waals surface area contributed by atoms with E-state index in [4.69, 9.17) is 15.2 Å². The molecule has 1 heterocycles. The molecular formula is C10H21NO4. The Labute approximate surface area is 90.2 Å². The lowest BCUT2D eigenvalue weighted by Gasteiger charge is -2.40. The Balaban J connectivity index is 2.57. The number of hydrogen-bond donors (Lipinski definition) is 3. The van der Waals surface area contributed by atoms with E-state index in [-0.39, 0.29) is 0 Å². The van der Waals surface area contributed by atoms with Gasteiger partial charge in [-0.2, -0.15) is 0 Å². The van der Waals surface area contributed by atoms with Gasteiger partial charge >= 0.3 is 0 Å². The third-order valence-electron chi connectivity index (χ3n) is 2.64. The van der Waals surface area contributed by atoms with Crippen LogP contribution in [0.1, 0.15) is 26.7 Å². The van der Waals surface area contributed by atoms with E-state index >= 15 is 0 Å². The van der Waals surface area contributed by atoms with Crippen LogP contribution in [0.5, 0.6) is 0 Å². The van der Waals surface area contributed by atoms with Gasteiger partial charge in [0.2, 0.25) is 0 Å². The second-order valence-corrected chi connectivity index (χ2v) is 3.88. The molecule has 0 aliphatic carbocycles. The first-order valence-corrected chi connectivity index (χ1v) is 5.50. The van der Waals surface area contributed by atoms with E-state index in [0.717, 1.165) is 6.42 Å². The lowest BCUT2D eigenvalue weighted by molar-refractivity contribution is -0.259. The third kappa shape index (κ3) is 2.89. The predicted octanol–water partition coefficient (Wildman–Crippen LogP) is -0.403. The van der Waals surface area contributed by atoms with Crippen LogP contribution in [-0.4, -0.2) is 47.5 Å². The molecule has 5 atom stereocenters. The summed E-state index contributed by atoms with van der Waals surface area (Å²) in [4.78, 5) is 0. The Morgan fingerprint density at radius 1 is 1.27 bits per heavy atom. The van der Waals surface area contributed by atoms with Gasteiger partial charge in [-0.05, 0) is 12.8 Å². The summed E-state index contributed by atoms with van der Waals surface area (Å²) in [7, 11) is 0. The molecule has 1 rings (SSSR count). The van der Waals surface area contributed by atoms with E-state index in [0.29, 0.717) is 13.0 Å². The molecule has 0 saturated carbocycles. The van der Waals surface area contributed by atoms with Crippen LogP contribution in [0.2, 0.25) is 0 Å². The van der Waals surface area contributed by atoms with Crippen LogP contribution in [0.4, 0.5) is 0 Å². The van der Waals surface area contributed by atoms with Gasteiger partial charge in [-0.1, -0.05) is 13.8 Å². The average molecular weight is 219 g/mol. The van der Waals surface area contributed by atoms with Crippen molar-refractivity contribution in [3.05, 3.63) is 0 Å². The molecule has 1 aliphatic heterocycles. The van der Waals surface area contributed by atoms with Crippen LogP contribution >= 0.6 is 0 Å². The van der Waals surface area contributed by atoms with E-state index in [1.165, 1.54) is 0 Å². The van der Waals surface area contributed by atoms with Gasteiger partial charge in [-0.25, -0.2) is 0 Å². The second kappa shape index (κ2) is 5.77. The van der Waals surface area contributed by atoms with Crippen LogP contribution in [0.25, 0.3) is 0 Å². The van der Waals surface area contributed by atoms with Crippen molar-refractivity contribution in [2.24, 2.45) is 5.73 Å². The molecule has 15 heavy (non-hydrogen) atoms. The molecule has 1 saturated heterocycles. The zero-order valence-corrected chi connectivity index (χ0v) is 9.30. The highest BCUT2D eigenvalue weighted by Gasteiger charge is 2.42. The predicted molar refractivity (Wildman–Crippen MR) is 55.2 cm³/mol. The second-order valence-electron chi connectivity index (χ2n) is 3.88. The first-order chi connectivity index (χ1) is 7.11. The summed E-state index contributed by atoms with van der Waals surface area (Å²) in [6.45, 7) is 4.41. The van der Waals surface area contributed by atoms with Gasteiger partial charge in [0.1, 0.15) is 12.2 Å². The Kier molecular flexibility index (Phi) is 4.95. The minimum Gasteiger partial charge on any atom is -0.388 e. The van der Waals surface area contributed by atoms with Gasteiger partial charge in [0.15, 0.2) is 6.29 Å². The van der Waals surface area contributed by atoms with Crippen LogP contribution in [0, 0.1) is 0 Å². The zero-order chi connectivity index (χ0) is 11.4. The largest absolute Gasteiger partial charge is 0.388 e. The van der Waals surface area contributed by atoms with Crippen molar-refractivity contribution in [1.82, 2.24) is 0 Å². The first-order valence-electron chi connectivity index (χ1n) is 5.50. The molecule has 0 aromatic carbocycles. The quantitative estimate of drug-likeness (QED) is 0.599. The minimum absolute atomic E-state index is 0.401. The molecule has 1 aliphatic rings. The standard InChI is InChI=1S/C10H21NO4/c1-3-5-14-10-7(11)9(13)8(12)6(4-2)15-10/h6-10,12-13H,3-5,11H2,1-2H3/t6?,7?,8-,9-,10-/m1/s1. The normalized spacial score (nSPS) is 41.8. The van der Waals surface area contributed by atoms with Gasteiger partial charge in [0.05, 0.1) is 12.1 Å². The van der Waals surface area contributed by atoms with Crippen LogP contribution in [0.15, 0.2) is 0 Å². The maximum Gasteiger partial charge on any atom is 0.175 e. The molecule has 5 heteroatoms. The number of nitrogens with two attached hydrogens (primary N) is 1. The Bertz CT molecular complexity index is 188. The molecule has 0 aromatic rings. The number of ether oxygens (including phenoxy) is 2. The highest BCUT2D eigenvalue weighted by atomic mass is 16.7. The summed E-state index contributed by atoms with van der Waals surface area (Å²) >= 11 is 0. The minimum atomic E-state index is -0.981. The Hall–Kier alpha value is -0.200. The summed E-state index contributed by atoms with van der Waals surface area (Å²) < 4.78 is 10.9. The Morgan fingerprint density at radius 2 is 1.93 bits per heavy atom. The molecule has 0 bridgehead atoms. The van der Waals surface area contributed by atoms with Crippen molar-refractivity contribution < 1.29 is 19.7 Å². The average Bonchev–Trinajstić information content (AvgIpc) is 2.25. The fourth-order valence-corrected chi connectivity index (χ4v) is 1.67. The van der Waals surface area contributed by atoms with Crippen LogP contribution in [0.3, 0.4) is 0 Å². The lowest BCUT2D eigenvalue weighted by Crippen LogP contribution is -2.61. The molecule has 2 unspecified atom stereocenters.